The van der Waals surface area contributed by atoms with Crippen molar-refractivity contribution in [3.05, 3.63) is 65.9 Å². The molecule has 1 fully saturated rings. The molecule has 1 aliphatic heterocycles. The van der Waals surface area contributed by atoms with Crippen LogP contribution in [0, 0.1) is 0 Å². The molecule has 1 saturated heterocycles. The van der Waals surface area contributed by atoms with E-state index < -0.39 is 5.91 Å². The third kappa shape index (κ3) is 3.95. The van der Waals surface area contributed by atoms with Crippen molar-refractivity contribution in [1.82, 2.24) is 14.8 Å². The Kier molecular flexibility index (Phi) is 5.48. The third-order valence-corrected chi connectivity index (χ3v) is 4.98. The lowest BCUT2D eigenvalue weighted by Gasteiger charge is -2.27. The van der Waals surface area contributed by atoms with Crippen LogP contribution in [0.25, 0.3) is 17.0 Å². The van der Waals surface area contributed by atoms with Crippen LogP contribution in [0.5, 0.6) is 0 Å². The maximum absolute atomic E-state index is 13.2. The van der Waals surface area contributed by atoms with Gasteiger partial charge in [0.25, 0.3) is 11.8 Å². The number of ether oxygens (including phenoxy) is 1. The molecule has 0 aliphatic carbocycles. The average Bonchev–Trinajstić information content (AvgIpc) is 3.42. The van der Waals surface area contributed by atoms with E-state index in [0.29, 0.717) is 26.3 Å². The largest absolute Gasteiger partial charge is 0.459 e. The number of nitrogens with one attached hydrogen (secondary N) is 1. The number of nitrogens with zero attached hydrogens (tertiary/aromatic N) is 2. The summed E-state index contributed by atoms with van der Waals surface area (Å²) in [4.78, 5) is 27.4. The Morgan fingerprint density at radius 1 is 1.14 bits per heavy atom. The molecule has 29 heavy (non-hydrogen) atoms. The Morgan fingerprint density at radius 2 is 1.93 bits per heavy atom. The Hall–Kier alpha value is -3.32. The molecular formula is C22H23N3O4. The number of furan rings is 1. The van der Waals surface area contributed by atoms with Gasteiger partial charge in [0.05, 0.1) is 19.5 Å². The molecule has 0 radical (unpaired) electrons. The maximum atomic E-state index is 13.2. The predicted octanol–water partition coefficient (Wildman–Crippen LogP) is 2.88. The van der Waals surface area contributed by atoms with E-state index in [4.69, 9.17) is 9.15 Å². The fourth-order valence-electron chi connectivity index (χ4n) is 3.49. The molecule has 4 rings (SSSR count). The number of para-hydroxylation sites is 1. The van der Waals surface area contributed by atoms with Crippen LogP contribution in [0.2, 0.25) is 0 Å². The number of benzene rings is 1. The highest BCUT2D eigenvalue weighted by Crippen LogP contribution is 2.24. The van der Waals surface area contributed by atoms with Crippen LogP contribution in [0.1, 0.15) is 23.0 Å². The summed E-state index contributed by atoms with van der Waals surface area (Å²) in [6, 6.07) is 11.2. The number of hydrogen-bond acceptors (Lipinski definition) is 4. The van der Waals surface area contributed by atoms with Gasteiger partial charge in [0.15, 0.2) is 5.76 Å². The molecule has 1 aliphatic rings. The second-order valence-corrected chi connectivity index (χ2v) is 6.78. The summed E-state index contributed by atoms with van der Waals surface area (Å²) in [6.07, 6.45) is 5.17. The molecule has 2 amide bonds. The van der Waals surface area contributed by atoms with Crippen molar-refractivity contribution < 1.29 is 18.7 Å². The molecule has 7 heteroatoms. The lowest BCUT2D eigenvalue weighted by molar-refractivity contribution is -0.131. The average molecular weight is 393 g/mol. The van der Waals surface area contributed by atoms with E-state index in [1.165, 1.54) is 6.26 Å². The van der Waals surface area contributed by atoms with Crippen molar-refractivity contribution in [1.29, 1.82) is 0 Å². The van der Waals surface area contributed by atoms with Crippen LogP contribution in [0.4, 0.5) is 0 Å². The monoisotopic (exact) mass is 393 g/mol. The van der Waals surface area contributed by atoms with Crippen molar-refractivity contribution in [3.63, 3.8) is 0 Å². The standard InChI is InChI=1S/C22H23N3O4/c1-2-24-15-16(17-6-3-4-7-19(17)24)14-18(22(27)25-9-12-28-13-10-25)23-21(26)20-8-5-11-29-20/h3-8,11,14-15H,2,9-10,12-13H2,1H3,(H,23,26)/b18-14-. The Balaban J connectivity index is 1.73. The number of aryl methyl sites for hydroxylation is 1. The van der Waals surface area contributed by atoms with Gasteiger partial charge in [0.2, 0.25) is 0 Å². The van der Waals surface area contributed by atoms with Gasteiger partial charge in [-0.1, -0.05) is 18.2 Å². The van der Waals surface area contributed by atoms with Crippen molar-refractivity contribution in [2.24, 2.45) is 0 Å². The molecule has 1 aromatic carbocycles. The zero-order valence-corrected chi connectivity index (χ0v) is 16.3. The second kappa shape index (κ2) is 8.36. The number of aromatic nitrogens is 1. The minimum Gasteiger partial charge on any atom is -0.459 e. The number of carbonyl (C=O) groups excluding carboxylic acids is 2. The van der Waals surface area contributed by atoms with Gasteiger partial charge in [-0.25, -0.2) is 0 Å². The van der Waals surface area contributed by atoms with Crippen LogP contribution < -0.4 is 5.32 Å². The van der Waals surface area contributed by atoms with Crippen LogP contribution >= 0.6 is 0 Å². The minimum absolute atomic E-state index is 0.154. The van der Waals surface area contributed by atoms with E-state index in [9.17, 15) is 9.59 Å². The summed E-state index contributed by atoms with van der Waals surface area (Å²) < 4.78 is 12.6. The molecule has 0 bridgehead atoms. The van der Waals surface area contributed by atoms with Gasteiger partial charge in [-0.05, 0) is 31.2 Å². The smallest absolute Gasteiger partial charge is 0.291 e. The van der Waals surface area contributed by atoms with E-state index >= 15 is 0 Å². The zero-order valence-electron chi connectivity index (χ0n) is 16.3. The molecule has 0 saturated carbocycles. The number of amides is 2. The lowest BCUT2D eigenvalue weighted by atomic mass is 10.1. The Morgan fingerprint density at radius 3 is 2.66 bits per heavy atom. The summed E-state index contributed by atoms with van der Waals surface area (Å²) in [5.74, 6) is -0.537. The molecule has 0 spiro atoms. The van der Waals surface area contributed by atoms with Crippen molar-refractivity contribution >= 4 is 28.8 Å². The topological polar surface area (TPSA) is 76.7 Å². The minimum atomic E-state index is -0.456. The fourth-order valence-corrected chi connectivity index (χ4v) is 3.49. The fraction of sp³-hybridized carbons (Fsp3) is 0.273. The van der Waals surface area contributed by atoms with Gasteiger partial charge in [-0.15, -0.1) is 0 Å². The molecule has 1 N–H and O–H groups in total. The highest BCUT2D eigenvalue weighted by atomic mass is 16.5. The summed E-state index contributed by atoms with van der Waals surface area (Å²) in [5.41, 5.74) is 2.17. The molecule has 3 heterocycles. The van der Waals surface area contributed by atoms with Crippen molar-refractivity contribution in [2.75, 3.05) is 26.3 Å². The number of fused-ring (bicyclic) bond motifs is 1. The summed E-state index contributed by atoms with van der Waals surface area (Å²) in [6.45, 7) is 4.83. The predicted molar refractivity (Wildman–Crippen MR) is 109 cm³/mol. The summed E-state index contributed by atoms with van der Waals surface area (Å²) in [7, 11) is 0. The Labute approximate surface area is 168 Å². The number of morpholine rings is 1. The first-order chi connectivity index (χ1) is 14.2. The zero-order chi connectivity index (χ0) is 20.2. The summed E-state index contributed by atoms with van der Waals surface area (Å²) >= 11 is 0. The van der Waals surface area contributed by atoms with Gasteiger partial charge >= 0.3 is 0 Å². The van der Waals surface area contributed by atoms with Crippen LogP contribution in [0.15, 0.2) is 59.0 Å². The first-order valence-electron chi connectivity index (χ1n) is 9.69. The highest BCUT2D eigenvalue weighted by Gasteiger charge is 2.24. The van der Waals surface area contributed by atoms with E-state index in [-0.39, 0.29) is 17.4 Å². The van der Waals surface area contributed by atoms with Crippen molar-refractivity contribution in [3.8, 4) is 0 Å². The molecule has 150 valence electrons. The third-order valence-electron chi connectivity index (χ3n) is 4.98. The molecule has 2 aromatic heterocycles. The molecule has 0 unspecified atom stereocenters. The molecule has 7 nitrogen and oxygen atoms in total. The number of carbonyl (C=O) groups is 2. The van der Waals surface area contributed by atoms with Gasteiger partial charge in [-0.3, -0.25) is 9.59 Å². The first-order valence-corrected chi connectivity index (χ1v) is 9.69. The van der Waals surface area contributed by atoms with Crippen LogP contribution in [0.3, 0.4) is 0 Å². The van der Waals surface area contributed by atoms with Crippen LogP contribution in [-0.4, -0.2) is 47.6 Å². The highest BCUT2D eigenvalue weighted by molar-refractivity contribution is 6.06. The molecule has 3 aromatic rings. The molecular weight excluding hydrogens is 370 g/mol. The van der Waals surface area contributed by atoms with Crippen LogP contribution in [-0.2, 0) is 16.1 Å². The quantitative estimate of drug-likeness (QED) is 0.677. The first kappa shape index (κ1) is 19.0. The van der Waals surface area contributed by atoms with Gasteiger partial charge in [-0.2, -0.15) is 0 Å². The van der Waals surface area contributed by atoms with E-state index in [2.05, 4.69) is 16.8 Å². The normalized spacial score (nSPS) is 14.9. The van der Waals surface area contributed by atoms with Gasteiger partial charge in [0.1, 0.15) is 5.70 Å². The van der Waals surface area contributed by atoms with E-state index in [1.54, 1.807) is 23.1 Å². The van der Waals surface area contributed by atoms with E-state index in [0.717, 1.165) is 23.0 Å². The SMILES string of the molecule is CCn1cc(/C=C(\NC(=O)c2ccco2)C(=O)N2CCOCC2)c2ccccc21. The summed E-state index contributed by atoms with van der Waals surface area (Å²) in [5, 5.41) is 3.77. The maximum Gasteiger partial charge on any atom is 0.291 e. The number of rotatable bonds is 5. The second-order valence-electron chi connectivity index (χ2n) is 6.78. The van der Waals surface area contributed by atoms with Gasteiger partial charge < -0.3 is 23.9 Å². The lowest BCUT2D eigenvalue weighted by Crippen LogP contribution is -2.44. The number of hydrogen-bond donors (Lipinski definition) is 1. The Bertz CT molecular complexity index is 1040. The molecule has 0 atom stereocenters. The van der Waals surface area contributed by atoms with Gasteiger partial charge in [0, 0.05) is 42.3 Å². The van der Waals surface area contributed by atoms with E-state index in [1.807, 2.05) is 30.5 Å². The van der Waals surface area contributed by atoms with Crippen molar-refractivity contribution in [2.45, 2.75) is 13.5 Å².